The average molecular weight is 244 g/mol. The Bertz CT molecular complexity index is 599. The molecule has 2 rings (SSSR count). The van der Waals surface area contributed by atoms with Crippen LogP contribution in [0.5, 0.6) is 5.75 Å². The van der Waals surface area contributed by atoms with E-state index >= 15 is 0 Å². The van der Waals surface area contributed by atoms with Gasteiger partial charge < -0.3 is 9.14 Å². The summed E-state index contributed by atoms with van der Waals surface area (Å²) in [7, 11) is 0.294. The summed E-state index contributed by atoms with van der Waals surface area (Å²) in [5.74, 6) is 4.06. The van der Waals surface area contributed by atoms with Crippen molar-refractivity contribution in [2.45, 2.75) is 19.6 Å². The van der Waals surface area contributed by atoms with Crippen molar-refractivity contribution in [3.05, 3.63) is 30.4 Å². The first-order valence-electron chi connectivity index (χ1n) is 5.52. The zero-order valence-electron chi connectivity index (χ0n) is 10.6. The largest absolute Gasteiger partial charge is 0.495 e. The normalized spacial score (nSPS) is 11.1. The van der Waals surface area contributed by atoms with Crippen LogP contribution in [0.1, 0.15) is 5.56 Å². The molecular weight excluding hydrogens is 228 g/mol. The topological polar surface area (TPSA) is 26.5 Å². The van der Waals surface area contributed by atoms with E-state index in [1.54, 1.807) is 13.4 Å². The molecule has 0 atom stereocenters. The van der Waals surface area contributed by atoms with E-state index < -0.39 is 8.07 Å². The smallest absolute Gasteiger partial charge is 0.136 e. The van der Waals surface area contributed by atoms with Gasteiger partial charge in [0.1, 0.15) is 13.8 Å². The van der Waals surface area contributed by atoms with Crippen LogP contribution in [0.3, 0.4) is 0 Å². The average Bonchev–Trinajstić information content (AvgIpc) is 2.72. The molecule has 0 aromatic carbocycles. The van der Waals surface area contributed by atoms with Gasteiger partial charge in [0.2, 0.25) is 0 Å². The van der Waals surface area contributed by atoms with Crippen molar-refractivity contribution >= 4 is 13.6 Å². The number of aromatic nitrogens is 2. The number of fused-ring (bicyclic) bond motifs is 1. The SMILES string of the molecule is COc1cc(C#C[Si](C)(C)C)c2cncn2c1. The second-order valence-corrected chi connectivity index (χ2v) is 9.73. The molecule has 2 heterocycles. The monoisotopic (exact) mass is 244 g/mol. The maximum absolute atomic E-state index is 5.26. The Morgan fingerprint density at radius 3 is 2.76 bits per heavy atom. The lowest BCUT2D eigenvalue weighted by atomic mass is 10.2. The molecular formula is C13H16N2OSi. The Hall–Kier alpha value is -1.73. The Morgan fingerprint density at radius 1 is 1.35 bits per heavy atom. The third kappa shape index (κ3) is 2.69. The number of nitrogens with zero attached hydrogens (tertiary/aromatic N) is 2. The van der Waals surface area contributed by atoms with Crippen molar-refractivity contribution in [3.63, 3.8) is 0 Å². The molecule has 3 nitrogen and oxygen atoms in total. The maximum atomic E-state index is 5.26. The van der Waals surface area contributed by atoms with Crippen LogP contribution in [0.15, 0.2) is 24.8 Å². The van der Waals surface area contributed by atoms with Crippen molar-refractivity contribution in [2.24, 2.45) is 0 Å². The van der Waals surface area contributed by atoms with Crippen molar-refractivity contribution in [1.29, 1.82) is 0 Å². The minimum atomic E-state index is -1.37. The molecule has 0 saturated carbocycles. The second kappa shape index (κ2) is 4.26. The van der Waals surface area contributed by atoms with Crippen LogP contribution in [0.4, 0.5) is 0 Å². The Labute approximate surface area is 102 Å². The van der Waals surface area contributed by atoms with Gasteiger partial charge in [-0.25, -0.2) is 4.98 Å². The molecule has 0 aliphatic heterocycles. The van der Waals surface area contributed by atoms with E-state index in [1.807, 2.05) is 22.9 Å². The summed E-state index contributed by atoms with van der Waals surface area (Å²) in [5.41, 5.74) is 5.36. The zero-order valence-corrected chi connectivity index (χ0v) is 11.6. The Morgan fingerprint density at radius 2 is 2.12 bits per heavy atom. The molecule has 0 aliphatic rings. The number of rotatable bonds is 1. The van der Waals surface area contributed by atoms with Crippen LogP contribution in [-0.2, 0) is 0 Å². The predicted octanol–water partition coefficient (Wildman–Crippen LogP) is 2.57. The molecule has 0 amide bonds. The van der Waals surface area contributed by atoms with Gasteiger partial charge in [-0.3, -0.25) is 0 Å². The summed E-state index contributed by atoms with van der Waals surface area (Å²) in [4.78, 5) is 4.13. The number of ether oxygens (including phenoxy) is 1. The van der Waals surface area contributed by atoms with Crippen molar-refractivity contribution in [3.8, 4) is 17.2 Å². The number of methoxy groups -OCH3 is 1. The molecule has 0 aliphatic carbocycles. The molecule has 17 heavy (non-hydrogen) atoms. The van der Waals surface area contributed by atoms with Gasteiger partial charge in [0.15, 0.2) is 0 Å². The minimum absolute atomic E-state index is 0.801. The fourth-order valence-electron chi connectivity index (χ4n) is 1.47. The van der Waals surface area contributed by atoms with Crippen molar-refractivity contribution in [1.82, 2.24) is 9.38 Å². The minimum Gasteiger partial charge on any atom is -0.495 e. The predicted molar refractivity (Wildman–Crippen MR) is 72.0 cm³/mol. The van der Waals surface area contributed by atoms with E-state index in [4.69, 9.17) is 4.74 Å². The van der Waals surface area contributed by atoms with Crippen molar-refractivity contribution < 1.29 is 4.74 Å². The Kier molecular flexibility index (Phi) is 2.95. The van der Waals surface area contributed by atoms with Gasteiger partial charge in [0.05, 0.1) is 36.9 Å². The first-order valence-corrected chi connectivity index (χ1v) is 9.02. The lowest BCUT2D eigenvalue weighted by molar-refractivity contribution is 0.412. The lowest BCUT2D eigenvalue weighted by Gasteiger charge is -2.05. The van der Waals surface area contributed by atoms with E-state index in [0.717, 1.165) is 16.8 Å². The molecule has 0 spiro atoms. The summed E-state index contributed by atoms with van der Waals surface area (Å²) in [5, 5.41) is 0. The fourth-order valence-corrected chi connectivity index (χ4v) is 1.98. The van der Waals surface area contributed by atoms with Gasteiger partial charge in [0, 0.05) is 0 Å². The van der Waals surface area contributed by atoms with Gasteiger partial charge in [-0.05, 0) is 6.07 Å². The molecule has 0 fully saturated rings. The van der Waals surface area contributed by atoms with E-state index in [2.05, 4.69) is 36.1 Å². The van der Waals surface area contributed by atoms with Crippen LogP contribution in [0.25, 0.3) is 5.52 Å². The van der Waals surface area contributed by atoms with Gasteiger partial charge in [0.25, 0.3) is 0 Å². The number of hydrogen-bond acceptors (Lipinski definition) is 2. The van der Waals surface area contributed by atoms with Crippen LogP contribution >= 0.6 is 0 Å². The summed E-state index contributed by atoms with van der Waals surface area (Å²) in [6.45, 7) is 6.69. The van der Waals surface area contributed by atoms with Crippen LogP contribution in [-0.4, -0.2) is 24.6 Å². The quantitative estimate of drug-likeness (QED) is 0.569. The third-order valence-corrected chi connectivity index (χ3v) is 3.18. The molecule has 0 unspecified atom stereocenters. The molecule has 0 bridgehead atoms. The first-order chi connectivity index (χ1) is 7.99. The Balaban J connectivity index is 2.57. The summed E-state index contributed by atoms with van der Waals surface area (Å²) >= 11 is 0. The number of hydrogen-bond donors (Lipinski definition) is 0. The van der Waals surface area contributed by atoms with Gasteiger partial charge in [-0.1, -0.05) is 25.6 Å². The van der Waals surface area contributed by atoms with Gasteiger partial charge in [-0.15, -0.1) is 5.54 Å². The number of pyridine rings is 1. The molecule has 2 aromatic rings. The maximum Gasteiger partial charge on any atom is 0.136 e. The highest BCUT2D eigenvalue weighted by Crippen LogP contribution is 2.17. The van der Waals surface area contributed by atoms with E-state index in [-0.39, 0.29) is 0 Å². The summed E-state index contributed by atoms with van der Waals surface area (Å²) < 4.78 is 7.20. The van der Waals surface area contributed by atoms with Crippen LogP contribution in [0.2, 0.25) is 19.6 Å². The molecule has 88 valence electrons. The number of imidazole rings is 1. The van der Waals surface area contributed by atoms with Crippen molar-refractivity contribution in [2.75, 3.05) is 7.11 Å². The van der Waals surface area contributed by atoms with Crippen LogP contribution in [0, 0.1) is 11.5 Å². The van der Waals surface area contributed by atoms with E-state index in [0.29, 0.717) is 0 Å². The molecule has 0 saturated heterocycles. The standard InChI is InChI=1S/C13H16N2OSi/c1-16-12-7-11(5-6-17(2,3)4)13-8-14-10-15(13)9-12/h7-10H,1-4H3. The van der Waals surface area contributed by atoms with E-state index in [9.17, 15) is 0 Å². The van der Waals surface area contributed by atoms with Crippen LogP contribution < -0.4 is 4.74 Å². The van der Waals surface area contributed by atoms with Gasteiger partial charge >= 0.3 is 0 Å². The fraction of sp³-hybridized carbons (Fsp3) is 0.308. The highest BCUT2D eigenvalue weighted by atomic mass is 28.3. The third-order valence-electron chi connectivity index (χ3n) is 2.30. The first kappa shape index (κ1) is 11.7. The molecule has 2 aromatic heterocycles. The lowest BCUT2D eigenvalue weighted by Crippen LogP contribution is -2.16. The van der Waals surface area contributed by atoms with E-state index in [1.165, 1.54) is 0 Å². The molecule has 0 radical (unpaired) electrons. The highest BCUT2D eigenvalue weighted by molar-refractivity contribution is 6.83. The summed E-state index contributed by atoms with van der Waals surface area (Å²) in [6, 6.07) is 1.96. The second-order valence-electron chi connectivity index (χ2n) is 4.98. The zero-order chi connectivity index (χ0) is 12.5. The summed E-state index contributed by atoms with van der Waals surface area (Å²) in [6.07, 6.45) is 5.49. The van der Waals surface area contributed by atoms with Gasteiger partial charge in [-0.2, -0.15) is 0 Å². The molecule has 4 heteroatoms. The highest BCUT2D eigenvalue weighted by Gasteiger charge is 2.09. The molecule has 0 N–H and O–H groups in total.